The largest absolute Gasteiger partial charge is 0.449 e. The molecule has 0 aliphatic rings. The Bertz CT molecular complexity index is 1210. The van der Waals surface area contributed by atoms with Crippen molar-refractivity contribution in [2.45, 2.75) is 26.7 Å². The van der Waals surface area contributed by atoms with Crippen LogP contribution < -0.4 is 10.4 Å². The number of furan rings is 1. The molecule has 0 atom stereocenters. The molecule has 0 unspecified atom stereocenters. The highest BCUT2D eigenvalue weighted by atomic mass is 16.5. The fourth-order valence-corrected chi connectivity index (χ4v) is 3.27. The van der Waals surface area contributed by atoms with Crippen LogP contribution in [-0.2, 0) is 6.42 Å². The highest BCUT2D eigenvalue weighted by Crippen LogP contribution is 2.28. The lowest BCUT2D eigenvalue weighted by Crippen LogP contribution is -2.09. The molecular weight excluding hydrogens is 344 g/mol. The first-order valence-corrected chi connectivity index (χ1v) is 8.84. The quantitative estimate of drug-likeness (QED) is 0.290. The zero-order valence-corrected chi connectivity index (χ0v) is 15.1. The normalized spacial score (nSPS) is 11.2. The van der Waals surface area contributed by atoms with Crippen LogP contribution in [0.4, 0.5) is 0 Å². The summed E-state index contributed by atoms with van der Waals surface area (Å²) in [5, 5.41) is 1.72. The van der Waals surface area contributed by atoms with E-state index in [0.717, 1.165) is 34.7 Å². The summed E-state index contributed by atoms with van der Waals surface area (Å²) in [6.45, 7) is 3.87. The van der Waals surface area contributed by atoms with Gasteiger partial charge in [-0.3, -0.25) is 0 Å². The minimum Gasteiger partial charge on any atom is -0.449 e. The van der Waals surface area contributed by atoms with Crippen molar-refractivity contribution >= 4 is 27.9 Å². The number of benzene rings is 2. The van der Waals surface area contributed by atoms with Crippen LogP contribution in [0.2, 0.25) is 0 Å². The monoisotopic (exact) mass is 362 g/mol. The van der Waals surface area contributed by atoms with Crippen molar-refractivity contribution in [3.8, 4) is 5.75 Å². The first-order valence-electron chi connectivity index (χ1n) is 8.84. The molecule has 0 aliphatic heterocycles. The van der Waals surface area contributed by atoms with Crippen molar-refractivity contribution in [2.75, 3.05) is 0 Å². The minimum absolute atomic E-state index is 0.164. The Morgan fingerprint density at radius 1 is 1.00 bits per heavy atom. The number of rotatable bonds is 4. The van der Waals surface area contributed by atoms with Crippen LogP contribution in [0.3, 0.4) is 0 Å². The van der Waals surface area contributed by atoms with Gasteiger partial charge in [-0.15, -0.1) is 0 Å². The van der Waals surface area contributed by atoms with Crippen molar-refractivity contribution < 1.29 is 18.4 Å². The number of esters is 1. The van der Waals surface area contributed by atoms with E-state index in [0.29, 0.717) is 16.9 Å². The van der Waals surface area contributed by atoms with Gasteiger partial charge in [0.25, 0.3) is 0 Å². The number of fused-ring (bicyclic) bond motifs is 2. The van der Waals surface area contributed by atoms with E-state index in [1.54, 1.807) is 24.3 Å². The van der Waals surface area contributed by atoms with E-state index in [2.05, 4.69) is 0 Å². The summed E-state index contributed by atoms with van der Waals surface area (Å²) in [5.74, 6) is -0.128. The van der Waals surface area contributed by atoms with Crippen LogP contribution in [0.1, 0.15) is 35.0 Å². The molecule has 0 fully saturated rings. The second kappa shape index (κ2) is 6.76. The van der Waals surface area contributed by atoms with Crippen LogP contribution in [0.5, 0.6) is 5.75 Å². The van der Waals surface area contributed by atoms with Crippen molar-refractivity contribution in [3.63, 3.8) is 0 Å². The highest BCUT2D eigenvalue weighted by Gasteiger charge is 2.20. The maximum Gasteiger partial charge on any atom is 0.379 e. The summed E-state index contributed by atoms with van der Waals surface area (Å²) < 4.78 is 16.4. The summed E-state index contributed by atoms with van der Waals surface area (Å²) in [4.78, 5) is 24.4. The molecule has 4 rings (SSSR count). The van der Waals surface area contributed by atoms with E-state index in [9.17, 15) is 9.59 Å². The van der Waals surface area contributed by atoms with Gasteiger partial charge in [-0.2, -0.15) is 0 Å². The molecule has 5 nitrogen and oxygen atoms in total. The molecule has 5 heteroatoms. The van der Waals surface area contributed by atoms with Crippen LogP contribution in [0.25, 0.3) is 21.9 Å². The Kier molecular flexibility index (Phi) is 4.28. The van der Waals surface area contributed by atoms with E-state index in [1.807, 2.05) is 32.0 Å². The molecule has 0 N–H and O–H groups in total. The number of aryl methyl sites for hydroxylation is 2. The number of hydrogen-bond donors (Lipinski definition) is 0. The molecule has 27 heavy (non-hydrogen) atoms. The lowest BCUT2D eigenvalue weighted by Gasteiger charge is -2.07. The smallest absolute Gasteiger partial charge is 0.379 e. The molecule has 4 aromatic rings. The third-order valence-corrected chi connectivity index (χ3v) is 4.56. The van der Waals surface area contributed by atoms with Crippen molar-refractivity contribution in [2.24, 2.45) is 0 Å². The number of carbonyl (C=O) groups is 1. The van der Waals surface area contributed by atoms with Crippen LogP contribution in [0, 0.1) is 6.92 Å². The average Bonchev–Trinajstić information content (AvgIpc) is 2.99. The van der Waals surface area contributed by atoms with Crippen molar-refractivity contribution in [1.29, 1.82) is 0 Å². The van der Waals surface area contributed by atoms with Gasteiger partial charge < -0.3 is 13.6 Å². The standard InChI is InChI=1S/C22H18O5/c1-3-6-14-11-20(23)26-19-12-15(9-10-17(14)19)25-22(24)21-13(2)16-7-4-5-8-18(16)27-21/h4-5,7-12H,3,6H2,1-2H3. The molecule has 0 aliphatic carbocycles. The lowest BCUT2D eigenvalue weighted by atomic mass is 10.1. The molecule has 2 aromatic heterocycles. The molecule has 0 saturated heterocycles. The minimum atomic E-state index is -0.588. The molecule has 2 heterocycles. The van der Waals surface area contributed by atoms with E-state index < -0.39 is 11.6 Å². The fraction of sp³-hybridized carbons (Fsp3) is 0.182. The predicted octanol–water partition coefficient (Wildman–Crippen LogP) is 5.02. The zero-order chi connectivity index (χ0) is 19.0. The van der Waals surface area contributed by atoms with Crippen molar-refractivity contribution in [1.82, 2.24) is 0 Å². The first-order chi connectivity index (χ1) is 13.1. The SMILES string of the molecule is CCCc1cc(=O)oc2cc(OC(=O)c3oc4ccccc4c3C)ccc12. The number of hydrogen-bond acceptors (Lipinski definition) is 5. The third kappa shape index (κ3) is 3.12. The third-order valence-electron chi connectivity index (χ3n) is 4.56. The Morgan fingerprint density at radius 3 is 2.59 bits per heavy atom. The maximum atomic E-state index is 12.6. The fourth-order valence-electron chi connectivity index (χ4n) is 3.27. The molecule has 0 saturated carbocycles. The molecule has 0 radical (unpaired) electrons. The summed E-state index contributed by atoms with van der Waals surface area (Å²) in [6.07, 6.45) is 1.69. The summed E-state index contributed by atoms with van der Waals surface area (Å²) >= 11 is 0. The molecule has 2 aromatic carbocycles. The Labute approximate surface area is 155 Å². The molecular formula is C22H18O5. The second-order valence-corrected chi connectivity index (χ2v) is 6.44. The van der Waals surface area contributed by atoms with E-state index in [4.69, 9.17) is 13.6 Å². The van der Waals surface area contributed by atoms with E-state index >= 15 is 0 Å². The molecule has 0 amide bonds. The maximum absolute atomic E-state index is 12.6. The first kappa shape index (κ1) is 17.1. The van der Waals surface area contributed by atoms with Gasteiger partial charge in [0.15, 0.2) is 0 Å². The molecule has 0 spiro atoms. The molecule has 0 bridgehead atoms. The lowest BCUT2D eigenvalue weighted by molar-refractivity contribution is 0.0703. The van der Waals surface area contributed by atoms with Gasteiger partial charge in [-0.25, -0.2) is 9.59 Å². The topological polar surface area (TPSA) is 69.7 Å². The van der Waals surface area contributed by atoms with Gasteiger partial charge in [0, 0.05) is 28.5 Å². The van der Waals surface area contributed by atoms with Crippen LogP contribution in [0.15, 0.2) is 62.2 Å². The summed E-state index contributed by atoms with van der Waals surface area (Å²) in [5.41, 5.74) is 2.28. The number of carbonyl (C=O) groups excluding carboxylic acids is 1. The van der Waals surface area contributed by atoms with Gasteiger partial charge in [-0.05, 0) is 37.1 Å². The summed E-state index contributed by atoms with van der Waals surface area (Å²) in [6, 6.07) is 14.0. The van der Waals surface area contributed by atoms with Gasteiger partial charge in [-0.1, -0.05) is 31.5 Å². The Morgan fingerprint density at radius 2 is 1.81 bits per heavy atom. The van der Waals surface area contributed by atoms with Crippen LogP contribution >= 0.6 is 0 Å². The van der Waals surface area contributed by atoms with E-state index in [-0.39, 0.29) is 5.76 Å². The number of ether oxygens (including phenoxy) is 1. The van der Waals surface area contributed by atoms with Crippen molar-refractivity contribution in [3.05, 3.63) is 75.8 Å². The van der Waals surface area contributed by atoms with E-state index in [1.165, 1.54) is 6.07 Å². The van der Waals surface area contributed by atoms with Gasteiger partial charge in [0.2, 0.25) is 5.76 Å². The molecule has 136 valence electrons. The van der Waals surface area contributed by atoms with Gasteiger partial charge in [0.1, 0.15) is 16.9 Å². The summed E-state index contributed by atoms with van der Waals surface area (Å²) in [7, 11) is 0. The Hall–Kier alpha value is -3.34. The zero-order valence-electron chi connectivity index (χ0n) is 15.1. The average molecular weight is 362 g/mol. The van der Waals surface area contributed by atoms with Crippen LogP contribution in [-0.4, -0.2) is 5.97 Å². The van der Waals surface area contributed by atoms with Gasteiger partial charge in [0.05, 0.1) is 0 Å². The predicted molar refractivity (Wildman–Crippen MR) is 102 cm³/mol. The van der Waals surface area contributed by atoms with Gasteiger partial charge >= 0.3 is 11.6 Å². The highest BCUT2D eigenvalue weighted by molar-refractivity contribution is 5.97. The Balaban J connectivity index is 1.69. The number of para-hydroxylation sites is 1. The second-order valence-electron chi connectivity index (χ2n) is 6.44.